The molecule has 0 amide bonds. The molecule has 112 valence electrons. The number of halogens is 3. The van der Waals surface area contributed by atoms with E-state index in [-0.39, 0.29) is 29.0 Å². The summed E-state index contributed by atoms with van der Waals surface area (Å²) in [6.07, 6.45) is 0. The number of esters is 1. The zero-order valence-electron chi connectivity index (χ0n) is 10.9. The molecule has 5 nitrogen and oxygen atoms in total. The van der Waals surface area contributed by atoms with Crippen LogP contribution in [0.3, 0.4) is 0 Å². The number of hydrogen-bond acceptors (Lipinski definition) is 5. The van der Waals surface area contributed by atoms with Crippen molar-refractivity contribution in [3.8, 4) is 5.75 Å². The van der Waals surface area contributed by atoms with Crippen LogP contribution in [0.2, 0.25) is 15.1 Å². The van der Waals surface area contributed by atoms with Gasteiger partial charge in [0.15, 0.2) is 19.0 Å². The Morgan fingerprint density at radius 1 is 1.19 bits per heavy atom. The van der Waals surface area contributed by atoms with Crippen molar-refractivity contribution in [2.24, 2.45) is 0 Å². The number of ether oxygens (including phenoxy) is 2. The third-order valence-corrected chi connectivity index (χ3v) is 3.39. The summed E-state index contributed by atoms with van der Waals surface area (Å²) < 4.78 is 15.1. The minimum atomic E-state index is -0.578. The van der Waals surface area contributed by atoms with Gasteiger partial charge in [-0.25, -0.2) is 4.79 Å². The molecular formula is C13H10Cl3NO4. The van der Waals surface area contributed by atoms with Crippen molar-refractivity contribution < 1.29 is 18.8 Å². The van der Waals surface area contributed by atoms with Crippen LogP contribution >= 0.6 is 34.8 Å². The van der Waals surface area contributed by atoms with Crippen LogP contribution in [0, 0.1) is 6.92 Å². The van der Waals surface area contributed by atoms with Crippen molar-refractivity contribution in [2.45, 2.75) is 13.5 Å². The maximum atomic E-state index is 11.5. The number of aryl methyl sites for hydroxylation is 1. The third-order valence-electron chi connectivity index (χ3n) is 2.37. The quantitative estimate of drug-likeness (QED) is 0.601. The fraction of sp³-hybridized carbons (Fsp3) is 0.231. The molecule has 8 heteroatoms. The van der Waals surface area contributed by atoms with Gasteiger partial charge in [-0.3, -0.25) is 0 Å². The van der Waals surface area contributed by atoms with E-state index in [9.17, 15) is 4.79 Å². The molecule has 2 aromatic rings. The van der Waals surface area contributed by atoms with Gasteiger partial charge in [-0.2, -0.15) is 0 Å². The monoisotopic (exact) mass is 349 g/mol. The van der Waals surface area contributed by atoms with Crippen LogP contribution in [0.25, 0.3) is 0 Å². The third kappa shape index (κ3) is 4.52. The number of nitrogens with zero attached hydrogens (tertiary/aromatic N) is 1. The van der Waals surface area contributed by atoms with Crippen LogP contribution in [0.15, 0.2) is 22.7 Å². The number of benzene rings is 1. The molecule has 1 aromatic heterocycles. The van der Waals surface area contributed by atoms with E-state index in [0.717, 1.165) is 0 Å². The molecule has 0 saturated heterocycles. The summed E-state index contributed by atoms with van der Waals surface area (Å²) >= 11 is 17.5. The Morgan fingerprint density at radius 3 is 2.57 bits per heavy atom. The summed E-state index contributed by atoms with van der Waals surface area (Å²) in [6.45, 7) is 1.44. The summed E-state index contributed by atoms with van der Waals surface area (Å²) in [5, 5.41) is 4.51. The second-order valence-electron chi connectivity index (χ2n) is 4.08. The Labute approximate surface area is 135 Å². The molecule has 0 spiro atoms. The molecule has 0 fully saturated rings. The zero-order valence-corrected chi connectivity index (χ0v) is 13.1. The maximum absolute atomic E-state index is 11.5. The van der Waals surface area contributed by atoms with Crippen LogP contribution in [0.4, 0.5) is 0 Å². The molecule has 21 heavy (non-hydrogen) atoms. The molecular weight excluding hydrogens is 341 g/mol. The fourth-order valence-electron chi connectivity index (χ4n) is 1.43. The summed E-state index contributed by atoms with van der Waals surface area (Å²) in [7, 11) is 0. The lowest BCUT2D eigenvalue weighted by atomic mass is 10.3. The molecule has 0 aliphatic heterocycles. The molecule has 0 bridgehead atoms. The van der Waals surface area contributed by atoms with Gasteiger partial charge in [-0.15, -0.1) is 0 Å². The van der Waals surface area contributed by atoms with Gasteiger partial charge in [0.1, 0.15) is 5.75 Å². The lowest BCUT2D eigenvalue weighted by Crippen LogP contribution is -2.14. The number of hydrogen-bond donors (Lipinski definition) is 0. The van der Waals surface area contributed by atoms with Gasteiger partial charge in [-0.05, 0) is 13.0 Å². The highest BCUT2D eigenvalue weighted by Crippen LogP contribution is 2.33. The summed E-state index contributed by atoms with van der Waals surface area (Å²) in [6, 6.07) is 4.53. The topological polar surface area (TPSA) is 61.6 Å². The van der Waals surface area contributed by atoms with Gasteiger partial charge in [-0.1, -0.05) is 40.0 Å². The molecule has 0 N–H and O–H groups in total. The molecule has 0 aliphatic rings. The first kappa shape index (κ1) is 15.9. The van der Waals surface area contributed by atoms with Crippen LogP contribution in [-0.4, -0.2) is 17.7 Å². The highest BCUT2D eigenvalue weighted by molar-refractivity contribution is 6.43. The minimum absolute atomic E-state index is 0.0157. The average molecular weight is 351 g/mol. The van der Waals surface area contributed by atoms with Crippen molar-refractivity contribution in [3.63, 3.8) is 0 Å². The highest BCUT2D eigenvalue weighted by atomic mass is 35.5. The normalized spacial score (nSPS) is 10.5. The number of aromatic nitrogens is 1. The number of carbonyl (C=O) groups excluding carboxylic acids is 1. The minimum Gasteiger partial charge on any atom is -0.480 e. The highest BCUT2D eigenvalue weighted by Gasteiger charge is 2.11. The smallest absolute Gasteiger partial charge is 0.344 e. The van der Waals surface area contributed by atoms with E-state index >= 15 is 0 Å². The SMILES string of the molecule is Cc1cc(COC(=O)COc2cc(Cl)c(Cl)cc2Cl)on1. The van der Waals surface area contributed by atoms with E-state index < -0.39 is 5.97 Å². The van der Waals surface area contributed by atoms with Crippen molar-refractivity contribution in [1.29, 1.82) is 0 Å². The van der Waals surface area contributed by atoms with Crippen molar-refractivity contribution in [1.82, 2.24) is 5.16 Å². The predicted molar refractivity (Wildman–Crippen MR) is 78.0 cm³/mol. The van der Waals surface area contributed by atoms with Gasteiger partial charge >= 0.3 is 5.97 Å². The average Bonchev–Trinajstić information content (AvgIpc) is 2.85. The van der Waals surface area contributed by atoms with E-state index in [1.165, 1.54) is 12.1 Å². The van der Waals surface area contributed by atoms with E-state index in [1.54, 1.807) is 13.0 Å². The Hall–Kier alpha value is -1.43. The largest absolute Gasteiger partial charge is 0.480 e. The van der Waals surface area contributed by atoms with Crippen LogP contribution in [0.1, 0.15) is 11.5 Å². The Balaban J connectivity index is 1.85. The van der Waals surface area contributed by atoms with Crippen LogP contribution in [-0.2, 0) is 16.1 Å². The fourth-order valence-corrected chi connectivity index (χ4v) is 2.02. The lowest BCUT2D eigenvalue weighted by Gasteiger charge is -2.08. The van der Waals surface area contributed by atoms with E-state index in [2.05, 4.69) is 5.16 Å². The molecule has 2 rings (SSSR count). The standard InChI is InChI=1S/C13H10Cl3NO4/c1-7-2-8(21-17-7)5-20-13(18)6-19-12-4-10(15)9(14)3-11(12)16/h2-4H,5-6H2,1H3. The second-order valence-corrected chi connectivity index (χ2v) is 5.30. The van der Waals surface area contributed by atoms with E-state index in [4.69, 9.17) is 48.8 Å². The van der Waals surface area contributed by atoms with Gasteiger partial charge in [0.25, 0.3) is 0 Å². The second kappa shape index (κ2) is 7.02. The van der Waals surface area contributed by atoms with Gasteiger partial charge in [0, 0.05) is 12.1 Å². The summed E-state index contributed by atoms with van der Waals surface area (Å²) in [4.78, 5) is 11.5. The molecule has 0 saturated carbocycles. The van der Waals surface area contributed by atoms with Crippen molar-refractivity contribution in [2.75, 3.05) is 6.61 Å². The lowest BCUT2D eigenvalue weighted by molar-refractivity contribution is -0.147. The first-order chi connectivity index (χ1) is 9.95. The summed E-state index contributed by atoms with van der Waals surface area (Å²) in [5.41, 5.74) is 0.708. The molecule has 0 unspecified atom stereocenters. The molecule has 0 radical (unpaired) electrons. The predicted octanol–water partition coefficient (Wildman–Crippen LogP) is 4.07. The van der Waals surface area contributed by atoms with Gasteiger partial charge < -0.3 is 14.0 Å². The molecule has 0 atom stereocenters. The zero-order chi connectivity index (χ0) is 15.4. The number of carbonyl (C=O) groups is 1. The Bertz CT molecular complexity index is 657. The van der Waals surface area contributed by atoms with Crippen LogP contribution < -0.4 is 4.74 Å². The van der Waals surface area contributed by atoms with Gasteiger partial charge in [0.05, 0.1) is 20.8 Å². The Morgan fingerprint density at radius 2 is 1.90 bits per heavy atom. The van der Waals surface area contributed by atoms with E-state index in [1.807, 2.05) is 0 Å². The Kier molecular flexibility index (Phi) is 5.33. The van der Waals surface area contributed by atoms with Crippen LogP contribution in [0.5, 0.6) is 5.75 Å². The first-order valence-electron chi connectivity index (χ1n) is 5.81. The molecule has 1 aromatic carbocycles. The van der Waals surface area contributed by atoms with Crippen molar-refractivity contribution in [3.05, 3.63) is 44.7 Å². The number of rotatable bonds is 5. The molecule has 0 aliphatic carbocycles. The first-order valence-corrected chi connectivity index (χ1v) is 6.94. The van der Waals surface area contributed by atoms with E-state index in [0.29, 0.717) is 16.5 Å². The maximum Gasteiger partial charge on any atom is 0.344 e. The molecule has 1 heterocycles. The van der Waals surface area contributed by atoms with Crippen molar-refractivity contribution >= 4 is 40.8 Å². The summed E-state index contributed by atoms with van der Waals surface area (Å²) in [5.74, 6) is 0.123. The van der Waals surface area contributed by atoms with Gasteiger partial charge in [0.2, 0.25) is 0 Å².